The van der Waals surface area contributed by atoms with Gasteiger partial charge in [0.2, 0.25) is 0 Å². The fourth-order valence-corrected chi connectivity index (χ4v) is 3.21. The standard InChI is InChI=1S/C16H32N2O3/c1-4-16(5-2,10-11-19)12-17-15(20)18-13-8-6-7-9-14(13)21-3/h13-14,19H,4-12H2,1-3H3,(H2,17,18,20). The van der Waals surface area contributed by atoms with Crippen molar-refractivity contribution in [3.8, 4) is 0 Å². The van der Waals surface area contributed by atoms with Gasteiger partial charge in [-0.1, -0.05) is 26.7 Å². The molecule has 2 amide bonds. The van der Waals surface area contributed by atoms with Gasteiger partial charge in [0.05, 0.1) is 12.1 Å². The highest BCUT2D eigenvalue weighted by Gasteiger charge is 2.29. The van der Waals surface area contributed by atoms with Crippen LogP contribution < -0.4 is 10.6 Å². The number of methoxy groups -OCH3 is 1. The number of amides is 2. The summed E-state index contributed by atoms with van der Waals surface area (Å²) in [5.41, 5.74) is -0.000682. The van der Waals surface area contributed by atoms with Crippen molar-refractivity contribution in [3.63, 3.8) is 0 Å². The number of rotatable bonds is 8. The zero-order valence-corrected chi connectivity index (χ0v) is 13.8. The topological polar surface area (TPSA) is 70.6 Å². The van der Waals surface area contributed by atoms with Crippen molar-refractivity contribution in [2.45, 2.75) is 70.9 Å². The van der Waals surface area contributed by atoms with Crippen molar-refractivity contribution in [1.82, 2.24) is 10.6 Å². The lowest BCUT2D eigenvalue weighted by molar-refractivity contribution is 0.0449. The molecule has 0 saturated heterocycles. The minimum Gasteiger partial charge on any atom is -0.396 e. The molecular formula is C16H32N2O3. The maximum Gasteiger partial charge on any atom is 0.315 e. The molecule has 0 aliphatic heterocycles. The predicted molar refractivity (Wildman–Crippen MR) is 84.3 cm³/mol. The first-order chi connectivity index (χ1) is 10.1. The normalized spacial score (nSPS) is 22.9. The Labute approximate surface area is 128 Å². The second kappa shape index (κ2) is 9.26. The summed E-state index contributed by atoms with van der Waals surface area (Å²) in [6.07, 6.45) is 7.07. The van der Waals surface area contributed by atoms with E-state index in [1.165, 1.54) is 6.42 Å². The lowest BCUT2D eigenvalue weighted by Crippen LogP contribution is -2.51. The van der Waals surface area contributed by atoms with Crippen LogP contribution >= 0.6 is 0 Å². The van der Waals surface area contributed by atoms with Crippen molar-refractivity contribution in [3.05, 3.63) is 0 Å². The van der Waals surface area contributed by atoms with Crippen LogP contribution in [0.15, 0.2) is 0 Å². The minimum absolute atomic E-state index is 0.000682. The van der Waals surface area contributed by atoms with Gasteiger partial charge in [-0.05, 0) is 37.5 Å². The Morgan fingerprint density at radius 1 is 1.29 bits per heavy atom. The van der Waals surface area contributed by atoms with Crippen LogP contribution in [-0.4, -0.2) is 43.5 Å². The van der Waals surface area contributed by atoms with Gasteiger partial charge >= 0.3 is 6.03 Å². The summed E-state index contributed by atoms with van der Waals surface area (Å²) in [7, 11) is 1.71. The van der Waals surface area contributed by atoms with Gasteiger partial charge in [-0.15, -0.1) is 0 Å². The van der Waals surface area contributed by atoms with Crippen molar-refractivity contribution in [2.24, 2.45) is 5.41 Å². The monoisotopic (exact) mass is 300 g/mol. The van der Waals surface area contributed by atoms with E-state index in [0.717, 1.165) is 38.5 Å². The Kier molecular flexibility index (Phi) is 8.04. The highest BCUT2D eigenvalue weighted by atomic mass is 16.5. The molecule has 0 aromatic carbocycles. The third-order valence-corrected chi connectivity index (χ3v) is 5.09. The van der Waals surface area contributed by atoms with E-state index in [4.69, 9.17) is 4.74 Å². The molecule has 1 aliphatic rings. The minimum atomic E-state index is -0.117. The zero-order chi connectivity index (χ0) is 15.7. The van der Waals surface area contributed by atoms with Crippen LogP contribution in [-0.2, 0) is 4.74 Å². The third-order valence-electron chi connectivity index (χ3n) is 5.09. The second-order valence-corrected chi connectivity index (χ2v) is 6.17. The highest BCUT2D eigenvalue weighted by molar-refractivity contribution is 5.74. The van der Waals surface area contributed by atoms with E-state index < -0.39 is 0 Å². The molecule has 21 heavy (non-hydrogen) atoms. The van der Waals surface area contributed by atoms with Crippen molar-refractivity contribution in [2.75, 3.05) is 20.3 Å². The Balaban J connectivity index is 2.45. The van der Waals surface area contributed by atoms with Crippen LogP contribution in [0.1, 0.15) is 58.8 Å². The van der Waals surface area contributed by atoms with Gasteiger partial charge in [0.25, 0.3) is 0 Å². The maximum absolute atomic E-state index is 12.1. The SMILES string of the molecule is CCC(CC)(CCO)CNC(=O)NC1CCCCC1OC. The first-order valence-corrected chi connectivity index (χ1v) is 8.28. The predicted octanol–water partition coefficient (Wildman–Crippen LogP) is 2.43. The first kappa shape index (κ1) is 18.2. The first-order valence-electron chi connectivity index (χ1n) is 8.28. The van der Waals surface area contributed by atoms with Crippen LogP contribution in [0, 0.1) is 5.41 Å². The molecule has 5 nitrogen and oxygen atoms in total. The van der Waals surface area contributed by atoms with E-state index in [1.807, 2.05) is 0 Å². The number of nitrogens with one attached hydrogen (secondary N) is 2. The summed E-state index contributed by atoms with van der Waals surface area (Å²) in [6.45, 7) is 5.00. The smallest absolute Gasteiger partial charge is 0.315 e. The number of ether oxygens (including phenoxy) is 1. The Morgan fingerprint density at radius 3 is 2.52 bits per heavy atom. The molecule has 124 valence electrons. The van der Waals surface area contributed by atoms with Crippen LogP contribution in [0.5, 0.6) is 0 Å². The fraction of sp³-hybridized carbons (Fsp3) is 0.938. The van der Waals surface area contributed by atoms with Crippen molar-refractivity contribution in [1.29, 1.82) is 0 Å². The average molecular weight is 300 g/mol. The lowest BCUT2D eigenvalue weighted by atomic mass is 9.79. The summed E-state index contributed by atoms with van der Waals surface area (Å²) < 4.78 is 5.46. The summed E-state index contributed by atoms with van der Waals surface area (Å²) >= 11 is 0. The molecule has 5 heteroatoms. The molecule has 0 radical (unpaired) electrons. The number of carbonyl (C=O) groups is 1. The maximum atomic E-state index is 12.1. The van der Waals surface area contributed by atoms with Gasteiger partial charge in [0.15, 0.2) is 0 Å². The summed E-state index contributed by atoms with van der Waals surface area (Å²) in [5, 5.41) is 15.2. The van der Waals surface area contributed by atoms with Crippen LogP contribution in [0.2, 0.25) is 0 Å². The second-order valence-electron chi connectivity index (χ2n) is 6.17. The van der Waals surface area contributed by atoms with Crippen LogP contribution in [0.4, 0.5) is 4.79 Å². The molecule has 1 fully saturated rings. The zero-order valence-electron chi connectivity index (χ0n) is 13.8. The van der Waals surface area contributed by atoms with Crippen LogP contribution in [0.3, 0.4) is 0 Å². The molecule has 1 aliphatic carbocycles. The Morgan fingerprint density at radius 2 is 1.95 bits per heavy atom. The molecule has 2 atom stereocenters. The molecule has 0 aromatic rings. The van der Waals surface area contributed by atoms with Gasteiger partial charge in [-0.3, -0.25) is 0 Å². The molecule has 2 unspecified atom stereocenters. The van der Waals surface area contributed by atoms with E-state index in [9.17, 15) is 9.90 Å². The Hall–Kier alpha value is -0.810. The molecule has 0 aromatic heterocycles. The van der Waals surface area contributed by atoms with Crippen LogP contribution in [0.25, 0.3) is 0 Å². The number of urea groups is 1. The highest BCUT2D eigenvalue weighted by Crippen LogP contribution is 2.29. The molecule has 0 bridgehead atoms. The fourth-order valence-electron chi connectivity index (χ4n) is 3.21. The van der Waals surface area contributed by atoms with Crippen molar-refractivity contribution < 1.29 is 14.6 Å². The molecule has 0 spiro atoms. The van der Waals surface area contributed by atoms with Gasteiger partial charge in [0, 0.05) is 20.3 Å². The number of hydrogen-bond donors (Lipinski definition) is 3. The van der Waals surface area contributed by atoms with Crippen molar-refractivity contribution >= 4 is 6.03 Å². The van der Waals surface area contributed by atoms with E-state index in [-0.39, 0.29) is 30.2 Å². The number of carbonyl (C=O) groups excluding carboxylic acids is 1. The van der Waals surface area contributed by atoms with Gasteiger partial charge in [-0.25, -0.2) is 4.79 Å². The van der Waals surface area contributed by atoms with Gasteiger partial charge in [0.1, 0.15) is 0 Å². The number of hydrogen-bond acceptors (Lipinski definition) is 3. The average Bonchev–Trinajstić information content (AvgIpc) is 2.52. The molecular weight excluding hydrogens is 268 g/mol. The Bertz CT molecular complexity index is 306. The summed E-state index contributed by atoms with van der Waals surface area (Å²) in [5.74, 6) is 0. The third kappa shape index (κ3) is 5.47. The van der Waals surface area contributed by atoms with E-state index >= 15 is 0 Å². The van der Waals surface area contributed by atoms with E-state index in [0.29, 0.717) is 6.54 Å². The quantitative estimate of drug-likeness (QED) is 0.645. The van der Waals surface area contributed by atoms with E-state index in [2.05, 4.69) is 24.5 Å². The van der Waals surface area contributed by atoms with E-state index in [1.54, 1.807) is 7.11 Å². The number of aliphatic hydroxyl groups is 1. The summed E-state index contributed by atoms with van der Waals surface area (Å²) in [4.78, 5) is 12.1. The van der Waals surface area contributed by atoms with Gasteiger partial charge < -0.3 is 20.5 Å². The molecule has 1 rings (SSSR count). The molecule has 0 heterocycles. The molecule has 1 saturated carbocycles. The lowest BCUT2D eigenvalue weighted by Gasteiger charge is -2.33. The number of aliphatic hydroxyl groups excluding tert-OH is 1. The molecule has 3 N–H and O–H groups in total. The van der Waals surface area contributed by atoms with Gasteiger partial charge in [-0.2, -0.15) is 0 Å². The largest absolute Gasteiger partial charge is 0.396 e. The summed E-state index contributed by atoms with van der Waals surface area (Å²) in [6, 6.07) is -0.00703.